The van der Waals surface area contributed by atoms with Crippen molar-refractivity contribution >= 4 is 5.82 Å². The Labute approximate surface area is 106 Å². The van der Waals surface area contributed by atoms with E-state index in [1.165, 1.54) is 0 Å². The third kappa shape index (κ3) is 2.35. The van der Waals surface area contributed by atoms with Gasteiger partial charge in [0.25, 0.3) is 0 Å². The maximum Gasteiger partial charge on any atom is 0.144 e. The van der Waals surface area contributed by atoms with Crippen LogP contribution < -0.4 is 5.32 Å². The summed E-state index contributed by atoms with van der Waals surface area (Å²) in [5.74, 6) is 2.38. The van der Waals surface area contributed by atoms with Crippen molar-refractivity contribution in [2.75, 3.05) is 5.32 Å². The van der Waals surface area contributed by atoms with Gasteiger partial charge in [0.2, 0.25) is 0 Å². The number of nitrogens with one attached hydrogen (secondary N) is 1. The number of nitriles is 1. The van der Waals surface area contributed by atoms with E-state index in [4.69, 9.17) is 9.68 Å². The second-order valence-corrected chi connectivity index (χ2v) is 4.25. The Morgan fingerprint density at radius 3 is 2.83 bits per heavy atom. The minimum Gasteiger partial charge on any atom is -0.466 e. The van der Waals surface area contributed by atoms with Crippen molar-refractivity contribution in [1.82, 2.24) is 4.98 Å². The third-order valence-corrected chi connectivity index (χ3v) is 2.83. The van der Waals surface area contributed by atoms with E-state index in [2.05, 4.69) is 16.4 Å². The van der Waals surface area contributed by atoms with Gasteiger partial charge in [-0.15, -0.1) is 0 Å². The third-order valence-electron chi connectivity index (χ3n) is 2.83. The molecule has 0 spiro atoms. The molecule has 0 aromatic carbocycles. The molecule has 1 atom stereocenters. The van der Waals surface area contributed by atoms with Crippen molar-refractivity contribution < 1.29 is 4.42 Å². The molecule has 0 bridgehead atoms. The second-order valence-electron chi connectivity index (χ2n) is 4.25. The van der Waals surface area contributed by atoms with Crippen molar-refractivity contribution in [3.63, 3.8) is 0 Å². The van der Waals surface area contributed by atoms with Crippen LogP contribution in [0, 0.1) is 25.2 Å². The van der Waals surface area contributed by atoms with Crippen molar-refractivity contribution in [3.8, 4) is 6.07 Å². The number of pyridine rings is 1. The highest BCUT2D eigenvalue weighted by atomic mass is 16.3. The van der Waals surface area contributed by atoms with Crippen molar-refractivity contribution in [2.45, 2.75) is 26.8 Å². The molecule has 0 fully saturated rings. The van der Waals surface area contributed by atoms with Crippen LogP contribution in [0.5, 0.6) is 0 Å². The average molecular weight is 241 g/mol. The number of hydrogen-bond acceptors (Lipinski definition) is 4. The number of furan rings is 1. The molecule has 0 unspecified atom stereocenters. The summed E-state index contributed by atoms with van der Waals surface area (Å²) in [4.78, 5) is 4.19. The molecule has 0 saturated carbocycles. The fourth-order valence-corrected chi connectivity index (χ4v) is 1.97. The maximum absolute atomic E-state index is 9.01. The Hall–Kier alpha value is -2.28. The van der Waals surface area contributed by atoms with Crippen LogP contribution in [0.4, 0.5) is 5.82 Å². The topological polar surface area (TPSA) is 61.9 Å². The van der Waals surface area contributed by atoms with Gasteiger partial charge in [0.1, 0.15) is 23.4 Å². The first kappa shape index (κ1) is 12.2. The van der Waals surface area contributed by atoms with Crippen LogP contribution in [0.15, 0.2) is 28.8 Å². The lowest BCUT2D eigenvalue weighted by Crippen LogP contribution is -2.09. The lowest BCUT2D eigenvalue weighted by Gasteiger charge is -2.14. The summed E-state index contributed by atoms with van der Waals surface area (Å²) in [6.45, 7) is 5.88. The molecule has 2 rings (SSSR count). The van der Waals surface area contributed by atoms with Crippen LogP contribution >= 0.6 is 0 Å². The Balaban J connectivity index is 2.24. The van der Waals surface area contributed by atoms with Gasteiger partial charge in [-0.05, 0) is 39.0 Å². The lowest BCUT2D eigenvalue weighted by atomic mass is 10.1. The largest absolute Gasteiger partial charge is 0.466 e. The molecule has 0 aliphatic heterocycles. The summed E-state index contributed by atoms with van der Waals surface area (Å²) >= 11 is 0. The van der Waals surface area contributed by atoms with Crippen molar-refractivity contribution in [1.29, 1.82) is 5.26 Å². The van der Waals surface area contributed by atoms with Gasteiger partial charge in [-0.2, -0.15) is 5.26 Å². The molecule has 4 heteroatoms. The van der Waals surface area contributed by atoms with E-state index in [1.807, 2.05) is 26.8 Å². The molecule has 2 aromatic heterocycles. The fourth-order valence-electron chi connectivity index (χ4n) is 1.97. The summed E-state index contributed by atoms with van der Waals surface area (Å²) in [7, 11) is 0. The Morgan fingerprint density at radius 2 is 2.22 bits per heavy atom. The van der Waals surface area contributed by atoms with Gasteiger partial charge in [-0.3, -0.25) is 0 Å². The molecule has 92 valence electrons. The summed E-state index contributed by atoms with van der Waals surface area (Å²) in [5.41, 5.74) is 1.63. The molecular formula is C14H15N3O. The quantitative estimate of drug-likeness (QED) is 0.895. The van der Waals surface area contributed by atoms with Crippen molar-refractivity contribution in [3.05, 3.63) is 47.0 Å². The summed E-state index contributed by atoms with van der Waals surface area (Å²) in [6, 6.07) is 7.67. The number of anilines is 1. The first-order valence-electron chi connectivity index (χ1n) is 5.80. The smallest absolute Gasteiger partial charge is 0.144 e. The average Bonchev–Trinajstić information content (AvgIpc) is 2.69. The number of aryl methyl sites for hydroxylation is 2. The van der Waals surface area contributed by atoms with Crippen LogP contribution in [0.1, 0.15) is 35.6 Å². The van der Waals surface area contributed by atoms with Gasteiger partial charge in [0.15, 0.2) is 0 Å². The first-order valence-corrected chi connectivity index (χ1v) is 5.80. The molecule has 18 heavy (non-hydrogen) atoms. The minimum atomic E-state index is 0.0458. The predicted octanol–water partition coefficient (Wildman–Crippen LogP) is 3.34. The van der Waals surface area contributed by atoms with E-state index in [1.54, 1.807) is 18.3 Å². The summed E-state index contributed by atoms with van der Waals surface area (Å²) in [6.07, 6.45) is 1.67. The van der Waals surface area contributed by atoms with E-state index >= 15 is 0 Å². The number of rotatable bonds is 3. The lowest BCUT2D eigenvalue weighted by molar-refractivity contribution is 0.499. The molecule has 0 amide bonds. The van der Waals surface area contributed by atoms with Gasteiger partial charge in [0.05, 0.1) is 11.6 Å². The zero-order valence-corrected chi connectivity index (χ0v) is 10.7. The van der Waals surface area contributed by atoms with E-state index < -0.39 is 0 Å². The van der Waals surface area contributed by atoms with Crippen molar-refractivity contribution in [2.24, 2.45) is 0 Å². The summed E-state index contributed by atoms with van der Waals surface area (Å²) in [5, 5.41) is 12.3. The zero-order chi connectivity index (χ0) is 13.1. The molecule has 0 aliphatic carbocycles. The summed E-state index contributed by atoms with van der Waals surface area (Å²) < 4.78 is 5.50. The molecular weight excluding hydrogens is 226 g/mol. The highest BCUT2D eigenvalue weighted by Gasteiger charge is 2.14. The predicted molar refractivity (Wildman–Crippen MR) is 69.2 cm³/mol. The first-order chi connectivity index (χ1) is 8.61. The molecule has 0 saturated heterocycles. The van der Waals surface area contributed by atoms with Crippen LogP contribution in [0.25, 0.3) is 0 Å². The van der Waals surface area contributed by atoms with Gasteiger partial charge in [-0.25, -0.2) is 4.98 Å². The maximum atomic E-state index is 9.01. The molecule has 4 nitrogen and oxygen atoms in total. The number of hydrogen-bond donors (Lipinski definition) is 1. The molecule has 1 N–H and O–H groups in total. The molecule has 0 aliphatic rings. The SMILES string of the molecule is Cc1cc([C@@H](C)Nc2ncccc2C#N)c(C)o1. The van der Waals surface area contributed by atoms with E-state index in [0.717, 1.165) is 17.1 Å². The second kappa shape index (κ2) is 4.92. The number of aromatic nitrogens is 1. The number of nitrogens with zero attached hydrogens (tertiary/aromatic N) is 2. The molecule has 2 heterocycles. The highest BCUT2D eigenvalue weighted by Crippen LogP contribution is 2.25. The fraction of sp³-hybridized carbons (Fsp3) is 0.286. The Morgan fingerprint density at radius 1 is 1.44 bits per heavy atom. The van der Waals surface area contributed by atoms with Crippen LogP contribution in [-0.2, 0) is 0 Å². The minimum absolute atomic E-state index is 0.0458. The van der Waals surface area contributed by atoms with E-state index in [0.29, 0.717) is 11.4 Å². The van der Waals surface area contributed by atoms with E-state index in [-0.39, 0.29) is 6.04 Å². The normalized spacial score (nSPS) is 11.9. The standard InChI is InChI=1S/C14H15N3O/c1-9-7-13(11(3)18-9)10(2)17-14-12(8-15)5-4-6-16-14/h4-7,10H,1-3H3,(H,16,17)/t10-/m1/s1. The van der Waals surface area contributed by atoms with Crippen LogP contribution in [0.2, 0.25) is 0 Å². The highest BCUT2D eigenvalue weighted by molar-refractivity contribution is 5.52. The van der Waals surface area contributed by atoms with Crippen LogP contribution in [0.3, 0.4) is 0 Å². The molecule has 0 radical (unpaired) electrons. The Bertz CT molecular complexity index is 595. The van der Waals surface area contributed by atoms with Gasteiger partial charge in [0, 0.05) is 11.8 Å². The van der Waals surface area contributed by atoms with Gasteiger partial charge < -0.3 is 9.73 Å². The van der Waals surface area contributed by atoms with Crippen LogP contribution in [-0.4, -0.2) is 4.98 Å². The van der Waals surface area contributed by atoms with Gasteiger partial charge >= 0.3 is 0 Å². The van der Waals surface area contributed by atoms with E-state index in [9.17, 15) is 0 Å². The zero-order valence-electron chi connectivity index (χ0n) is 10.7. The monoisotopic (exact) mass is 241 g/mol. The Kier molecular flexibility index (Phi) is 3.33. The van der Waals surface area contributed by atoms with Gasteiger partial charge in [-0.1, -0.05) is 0 Å². The molecule has 2 aromatic rings.